The van der Waals surface area contributed by atoms with E-state index in [0.29, 0.717) is 63.6 Å². The van der Waals surface area contributed by atoms with E-state index in [1.54, 1.807) is 33.9 Å². The molecule has 0 fully saturated rings. The van der Waals surface area contributed by atoms with Crippen molar-refractivity contribution in [3.05, 3.63) is 102 Å². The molecule has 3 rings (SSSR count). The maximum Gasteiger partial charge on any atom is 0.326 e. The lowest BCUT2D eigenvalue weighted by Gasteiger charge is -2.31. The zero-order chi connectivity index (χ0) is 71.0. The highest BCUT2D eigenvalue weighted by molar-refractivity contribution is 7.80. The lowest BCUT2D eigenvalue weighted by atomic mass is 10.0. The van der Waals surface area contributed by atoms with Crippen LogP contribution < -0.4 is 42.5 Å². The fourth-order valence-electron chi connectivity index (χ4n) is 10.1. The van der Waals surface area contributed by atoms with Crippen molar-refractivity contribution < 1.29 is 93.3 Å². The SMILES string of the molecule is CC(Cc1ccc(NC(=S)NC(Cc2ccccc2)C(=O)NC(Cc2ccccc2)C(=O)NCCCCC(NC(=O)CCCCCCC(=O)NCCCC[C@H](NC(=O)NC(CCC(=O)O)C(=O)O)C(=O)O)C(=O)O)cc1)N(CCN(CCN(C)CC(=O)O)CC(=O)O)CC(=O)O. The Morgan fingerprint density at radius 2 is 0.906 bits per heavy atom. The van der Waals surface area contributed by atoms with Crippen molar-refractivity contribution in [3.8, 4) is 0 Å². The number of hydrogen-bond donors (Lipinski definition) is 15. The Hall–Kier alpha value is -9.33. The average molecular weight is 1360 g/mol. The van der Waals surface area contributed by atoms with Gasteiger partial charge in [0.05, 0.1) is 19.6 Å². The van der Waals surface area contributed by atoms with E-state index in [1.807, 2.05) is 79.7 Å². The van der Waals surface area contributed by atoms with Crippen LogP contribution >= 0.6 is 12.2 Å². The lowest BCUT2D eigenvalue weighted by Crippen LogP contribution is -2.55. The first-order valence-electron chi connectivity index (χ1n) is 31.8. The van der Waals surface area contributed by atoms with Gasteiger partial charge in [0, 0.05) is 83.1 Å². The van der Waals surface area contributed by atoms with Gasteiger partial charge in [-0.25, -0.2) is 19.2 Å². The summed E-state index contributed by atoms with van der Waals surface area (Å²) in [4.78, 5) is 151. The number of anilines is 1. The van der Waals surface area contributed by atoms with Gasteiger partial charge in [-0.3, -0.25) is 53.1 Å². The minimum Gasteiger partial charge on any atom is -0.481 e. The molecule has 528 valence electrons. The van der Waals surface area contributed by atoms with Gasteiger partial charge in [0.25, 0.3) is 0 Å². The quantitative estimate of drug-likeness (QED) is 0.0285. The maximum atomic E-state index is 14.3. The molecule has 0 heterocycles. The molecular weight excluding hydrogens is 1270 g/mol. The number of carboxylic acids is 7. The Morgan fingerprint density at radius 1 is 0.427 bits per heavy atom. The maximum absolute atomic E-state index is 14.3. The lowest BCUT2D eigenvalue weighted by molar-refractivity contribution is -0.142. The molecule has 0 spiro atoms. The number of nitrogens with one attached hydrogen (secondary N) is 8. The molecule has 0 aliphatic carbocycles. The van der Waals surface area contributed by atoms with Crippen LogP contribution in [0.5, 0.6) is 0 Å². The van der Waals surface area contributed by atoms with Gasteiger partial charge in [0.1, 0.15) is 30.2 Å². The van der Waals surface area contributed by atoms with Crippen LogP contribution in [0.2, 0.25) is 0 Å². The molecule has 0 aliphatic heterocycles. The number of carbonyl (C=O) groups excluding carboxylic acids is 5. The Labute approximate surface area is 562 Å². The summed E-state index contributed by atoms with van der Waals surface area (Å²) in [5.74, 6) is -10.2. The number of aliphatic carboxylic acids is 7. The normalized spacial score (nSPS) is 13.0. The third-order valence-electron chi connectivity index (χ3n) is 15.3. The Kier molecular flexibility index (Phi) is 38.0. The van der Waals surface area contributed by atoms with Gasteiger partial charge < -0.3 is 78.3 Å². The van der Waals surface area contributed by atoms with Crippen LogP contribution in [-0.2, 0) is 72.0 Å². The minimum absolute atomic E-state index is 0.0261. The number of carboxylic acid groups (broad SMARTS) is 7. The Balaban J connectivity index is 1.48. The molecule has 0 bridgehead atoms. The van der Waals surface area contributed by atoms with Gasteiger partial charge in [-0.05, 0) is 119 Å². The van der Waals surface area contributed by atoms with Gasteiger partial charge in [-0.15, -0.1) is 0 Å². The number of amides is 6. The highest BCUT2D eigenvalue weighted by Gasteiger charge is 2.29. The minimum atomic E-state index is -1.53. The number of thiocarbonyl (C=S) groups is 1. The van der Waals surface area contributed by atoms with Crippen molar-refractivity contribution in [1.82, 2.24) is 51.9 Å². The third kappa shape index (κ3) is 35.8. The molecule has 0 saturated carbocycles. The zero-order valence-electron chi connectivity index (χ0n) is 54.2. The van der Waals surface area contributed by atoms with Crippen molar-refractivity contribution >= 4 is 94.5 Å². The predicted molar refractivity (Wildman–Crippen MR) is 356 cm³/mol. The van der Waals surface area contributed by atoms with Crippen molar-refractivity contribution in [1.29, 1.82) is 0 Å². The van der Waals surface area contributed by atoms with E-state index in [2.05, 4.69) is 42.5 Å². The van der Waals surface area contributed by atoms with E-state index >= 15 is 0 Å². The van der Waals surface area contributed by atoms with Crippen molar-refractivity contribution in [3.63, 3.8) is 0 Å². The summed E-state index contributed by atoms with van der Waals surface area (Å²) in [5, 5.41) is 87.5. The fraction of sp³-hybridized carbons (Fsp3) is 0.523. The van der Waals surface area contributed by atoms with Gasteiger partial charge in [0.15, 0.2) is 5.11 Å². The highest BCUT2D eigenvalue weighted by Crippen LogP contribution is 2.16. The summed E-state index contributed by atoms with van der Waals surface area (Å²) in [7, 11) is 1.61. The van der Waals surface area contributed by atoms with E-state index in [4.69, 9.17) is 22.4 Å². The molecule has 6 amide bonds. The molecule has 31 heteroatoms. The van der Waals surface area contributed by atoms with Crippen LogP contribution in [0.1, 0.15) is 114 Å². The van der Waals surface area contributed by atoms with Crippen LogP contribution in [0.25, 0.3) is 0 Å². The van der Waals surface area contributed by atoms with Gasteiger partial charge in [-0.2, -0.15) is 0 Å². The van der Waals surface area contributed by atoms with Gasteiger partial charge in [-0.1, -0.05) is 85.6 Å². The van der Waals surface area contributed by atoms with E-state index in [-0.39, 0.29) is 114 Å². The first-order chi connectivity index (χ1) is 45.7. The molecular formula is C65H93N11O19S. The molecule has 0 aliphatic rings. The number of rotatable bonds is 50. The molecule has 0 saturated heterocycles. The summed E-state index contributed by atoms with van der Waals surface area (Å²) >= 11 is 5.73. The van der Waals surface area contributed by atoms with Crippen LogP contribution in [0.3, 0.4) is 0 Å². The summed E-state index contributed by atoms with van der Waals surface area (Å²) in [6.45, 7) is 2.42. The summed E-state index contributed by atoms with van der Waals surface area (Å²) in [6, 6.07) is 18.1. The van der Waals surface area contributed by atoms with E-state index in [0.717, 1.165) is 16.7 Å². The Morgan fingerprint density at radius 3 is 1.43 bits per heavy atom. The molecule has 0 aromatic heterocycles. The third-order valence-corrected chi connectivity index (χ3v) is 15.5. The van der Waals surface area contributed by atoms with E-state index < -0.39 is 109 Å². The molecule has 5 unspecified atom stereocenters. The van der Waals surface area contributed by atoms with Gasteiger partial charge >= 0.3 is 47.8 Å². The molecule has 15 N–H and O–H groups in total. The first kappa shape index (κ1) is 80.9. The standard InChI is InChI=1S/C65H93N11O19S/c1-43(76(42-58(85)86)36-35-75(41-57(83)84)34-33-74(2)40-56(81)82)37-46-25-27-47(28-26-46)68-65(96)73-52(39-45-19-9-6-10-20-45)60(88)70-51(38-44-17-7-5-8-18-44)59(87)67-32-16-14-21-48(61(89)90)69-54(78)24-12-4-3-11-23-53(77)66-31-15-13-22-49(62(91)92)71-64(95)72-50(63(93)94)29-30-55(79)80/h5-10,17-20,25-28,43,48-52H,3-4,11-16,21-24,29-42H2,1-2H3,(H,66,77)(H,67,87)(H,69,78)(H,70,88)(H,79,80)(H,81,82)(H,83,84)(H,85,86)(H,89,90)(H,91,92)(H,93,94)(H2,68,73,96)(H2,71,72,95)/t43?,48?,49-,50?,51?,52?/m0/s1. The number of urea groups is 1. The molecule has 0 radical (unpaired) electrons. The smallest absolute Gasteiger partial charge is 0.326 e. The molecule has 3 aromatic rings. The summed E-state index contributed by atoms with van der Waals surface area (Å²) in [6.07, 6.45) is 3.61. The average Bonchev–Trinajstić information content (AvgIpc) is 1.00. The van der Waals surface area contributed by atoms with Gasteiger partial charge in [0.2, 0.25) is 23.6 Å². The number of likely N-dealkylation sites (N-methyl/N-ethyl adjacent to an activating group) is 1. The Bertz CT molecular complexity index is 3010. The highest BCUT2D eigenvalue weighted by atomic mass is 32.1. The number of nitrogens with zero attached hydrogens (tertiary/aromatic N) is 3. The second-order valence-corrected chi connectivity index (χ2v) is 23.8. The zero-order valence-corrected chi connectivity index (χ0v) is 55.0. The molecule has 3 aromatic carbocycles. The van der Waals surface area contributed by atoms with Crippen LogP contribution in [-0.4, -0.2) is 229 Å². The van der Waals surface area contributed by atoms with Crippen LogP contribution in [0.15, 0.2) is 84.9 Å². The van der Waals surface area contributed by atoms with Crippen molar-refractivity contribution in [2.45, 2.75) is 152 Å². The largest absolute Gasteiger partial charge is 0.481 e. The van der Waals surface area contributed by atoms with Crippen LogP contribution in [0, 0.1) is 0 Å². The molecule has 30 nitrogen and oxygen atoms in total. The van der Waals surface area contributed by atoms with E-state index in [9.17, 15) is 83.1 Å². The van der Waals surface area contributed by atoms with Crippen molar-refractivity contribution in [2.24, 2.45) is 0 Å². The first-order valence-corrected chi connectivity index (χ1v) is 32.2. The van der Waals surface area contributed by atoms with Crippen molar-refractivity contribution in [2.75, 3.05) is 71.3 Å². The predicted octanol–water partition coefficient (Wildman–Crippen LogP) is 2.59. The van der Waals surface area contributed by atoms with E-state index in [1.165, 1.54) is 0 Å². The molecule has 6 atom stereocenters. The number of benzene rings is 3. The second kappa shape index (κ2) is 45.1. The molecule has 96 heavy (non-hydrogen) atoms. The summed E-state index contributed by atoms with van der Waals surface area (Å²) < 4.78 is 0. The summed E-state index contributed by atoms with van der Waals surface area (Å²) in [5.41, 5.74) is 3.01. The fourth-order valence-corrected chi connectivity index (χ4v) is 10.3. The monoisotopic (exact) mass is 1360 g/mol. The topological polar surface area (TPSA) is 452 Å². The van der Waals surface area contributed by atoms with Crippen LogP contribution in [0.4, 0.5) is 10.5 Å². The number of unbranched alkanes of at least 4 members (excludes halogenated alkanes) is 5. The number of carbonyl (C=O) groups is 12. The second-order valence-electron chi connectivity index (χ2n) is 23.3. The number of hydrogen-bond acceptors (Lipinski definition) is 16.